The molecule has 0 aliphatic heterocycles. The molecule has 0 bridgehead atoms. The van der Waals surface area contributed by atoms with Crippen LogP contribution in [0.15, 0.2) is 24.3 Å². The van der Waals surface area contributed by atoms with Crippen molar-refractivity contribution < 1.29 is 47.7 Å². The summed E-state index contributed by atoms with van der Waals surface area (Å²) in [4.78, 5) is 64.1. The van der Waals surface area contributed by atoms with E-state index in [9.17, 15) is 24.0 Å². The maximum Gasteiger partial charge on any atom is 0.306 e. The van der Waals surface area contributed by atoms with Crippen LogP contribution in [0.25, 0.3) is 0 Å². The van der Waals surface area contributed by atoms with E-state index in [-0.39, 0.29) is 44.4 Å². The summed E-state index contributed by atoms with van der Waals surface area (Å²) in [5.41, 5.74) is 0. The van der Waals surface area contributed by atoms with Gasteiger partial charge in [-0.25, -0.2) is 0 Å². The van der Waals surface area contributed by atoms with E-state index in [0.29, 0.717) is 83.5 Å². The molecule has 0 fully saturated rings. The second-order valence-electron chi connectivity index (χ2n) is 17.9. The molecule has 64 heavy (non-hydrogen) atoms. The molecule has 11 heteroatoms. The molecule has 0 saturated carbocycles. The summed E-state index contributed by atoms with van der Waals surface area (Å²) in [6.45, 7) is 7.85. The van der Waals surface area contributed by atoms with Gasteiger partial charge in [0.15, 0.2) is 6.10 Å². The number of esters is 5. The molecular formula is C53H95NO10. The molecule has 0 aliphatic rings. The lowest BCUT2D eigenvalue weighted by molar-refractivity contribution is -0.167. The Balaban J connectivity index is 4.27. The van der Waals surface area contributed by atoms with Gasteiger partial charge in [-0.05, 0) is 110 Å². The average Bonchev–Trinajstić information content (AvgIpc) is 3.27. The molecule has 0 rings (SSSR count). The molecule has 0 radical (unpaired) electrons. The normalized spacial score (nSPS) is 12.5. The van der Waals surface area contributed by atoms with Crippen LogP contribution in [0, 0.1) is 5.92 Å². The lowest BCUT2D eigenvalue weighted by Crippen LogP contribution is -2.31. The Kier molecular flexibility index (Phi) is 44.0. The lowest BCUT2D eigenvalue weighted by atomic mass is 9.96. The zero-order chi connectivity index (χ0) is 47.1. The van der Waals surface area contributed by atoms with E-state index in [1.165, 1.54) is 70.6 Å². The van der Waals surface area contributed by atoms with Crippen molar-refractivity contribution in [3.8, 4) is 0 Å². The van der Waals surface area contributed by atoms with E-state index in [0.717, 1.165) is 57.8 Å². The molecule has 372 valence electrons. The van der Waals surface area contributed by atoms with Crippen molar-refractivity contribution in [2.24, 2.45) is 5.92 Å². The number of rotatable bonds is 46. The lowest BCUT2D eigenvalue weighted by Gasteiger charge is -2.18. The largest absolute Gasteiger partial charge is 0.466 e. The molecule has 0 aromatic rings. The average molecular weight is 906 g/mol. The van der Waals surface area contributed by atoms with Gasteiger partial charge in [-0.15, -0.1) is 0 Å². The molecule has 11 nitrogen and oxygen atoms in total. The number of carbonyl (C=O) groups excluding carboxylic acids is 5. The third-order valence-corrected chi connectivity index (χ3v) is 11.2. The van der Waals surface area contributed by atoms with Crippen LogP contribution in [0.1, 0.15) is 226 Å². The van der Waals surface area contributed by atoms with Gasteiger partial charge in [-0.3, -0.25) is 24.0 Å². The first-order chi connectivity index (χ1) is 31.1. The Morgan fingerprint density at radius 2 is 0.844 bits per heavy atom. The summed E-state index contributed by atoms with van der Waals surface area (Å²) in [5.74, 6) is -1.29. The minimum Gasteiger partial charge on any atom is -0.466 e. The Labute approximate surface area is 390 Å². The van der Waals surface area contributed by atoms with Crippen molar-refractivity contribution in [3.05, 3.63) is 24.3 Å². The van der Waals surface area contributed by atoms with Gasteiger partial charge in [0.25, 0.3) is 0 Å². The van der Waals surface area contributed by atoms with Gasteiger partial charge in [0.2, 0.25) is 0 Å². The highest BCUT2D eigenvalue weighted by Gasteiger charge is 2.20. The molecule has 0 aliphatic carbocycles. The van der Waals surface area contributed by atoms with Crippen molar-refractivity contribution in [3.63, 3.8) is 0 Å². The van der Waals surface area contributed by atoms with Crippen LogP contribution in [0.3, 0.4) is 0 Å². The van der Waals surface area contributed by atoms with Gasteiger partial charge in [0.1, 0.15) is 13.2 Å². The summed E-state index contributed by atoms with van der Waals surface area (Å²) in [5, 5.41) is 0. The standard InChI is InChI=1S/C53H95NO10/c1-6-9-12-14-15-16-17-18-19-20-21-22-23-24-25-33-43-60-49(55)37-29-26-31-39-51(57)62-45-48(64-53(59)41-34-42-54(4)5)46-63-52(58)40-32-27-30-38-50(56)61-44-47(35-11-8-3)36-28-13-10-7-2/h15-16,18-19,47-48H,6-14,17,20-46H2,1-5H3/b16-15+,19-18+. The third-order valence-electron chi connectivity index (χ3n) is 11.2. The van der Waals surface area contributed by atoms with Crippen molar-refractivity contribution in [2.45, 2.75) is 232 Å². The van der Waals surface area contributed by atoms with E-state index in [4.69, 9.17) is 23.7 Å². The van der Waals surface area contributed by atoms with Crippen molar-refractivity contribution in [1.29, 1.82) is 0 Å². The van der Waals surface area contributed by atoms with Crippen LogP contribution in [-0.4, -0.2) is 87.9 Å². The Morgan fingerprint density at radius 1 is 0.422 bits per heavy atom. The predicted molar refractivity (Wildman–Crippen MR) is 259 cm³/mol. The van der Waals surface area contributed by atoms with E-state index < -0.39 is 24.0 Å². The number of unbranched alkanes of at least 4 members (excludes halogenated alkanes) is 17. The van der Waals surface area contributed by atoms with Crippen LogP contribution >= 0.6 is 0 Å². The molecule has 2 unspecified atom stereocenters. The molecule has 0 heterocycles. The van der Waals surface area contributed by atoms with Crippen molar-refractivity contribution in [2.75, 3.05) is 47.1 Å². The number of ether oxygens (including phenoxy) is 5. The smallest absolute Gasteiger partial charge is 0.306 e. The monoisotopic (exact) mass is 906 g/mol. The van der Waals surface area contributed by atoms with Gasteiger partial charge in [-0.1, -0.05) is 135 Å². The summed E-state index contributed by atoms with van der Waals surface area (Å²) in [6, 6.07) is 0. The van der Waals surface area contributed by atoms with Gasteiger partial charge in [0, 0.05) is 32.1 Å². The van der Waals surface area contributed by atoms with Crippen LogP contribution in [0.4, 0.5) is 0 Å². The topological polar surface area (TPSA) is 135 Å². The van der Waals surface area contributed by atoms with Gasteiger partial charge in [-0.2, -0.15) is 0 Å². The Bertz CT molecular complexity index is 1200. The van der Waals surface area contributed by atoms with Crippen molar-refractivity contribution in [1.82, 2.24) is 4.90 Å². The third kappa shape index (κ3) is 44.0. The number of hydrogen-bond donors (Lipinski definition) is 0. The van der Waals surface area contributed by atoms with Crippen LogP contribution < -0.4 is 0 Å². The molecule has 0 N–H and O–H groups in total. The second-order valence-corrected chi connectivity index (χ2v) is 17.9. The van der Waals surface area contributed by atoms with E-state index in [1.54, 1.807) is 0 Å². The SMILES string of the molecule is CCCCC/C=C/C/C=C/CCCCCCCCOC(=O)CCCCCC(=O)OCC(COC(=O)CCCCCC(=O)OCC(CCCC)CCCCCC)OC(=O)CCCN(C)C. The highest BCUT2D eigenvalue weighted by molar-refractivity contribution is 5.71. The number of nitrogens with zero attached hydrogens (tertiary/aromatic N) is 1. The summed E-state index contributed by atoms with van der Waals surface area (Å²) < 4.78 is 27.4. The number of carbonyl (C=O) groups is 5. The minimum atomic E-state index is -0.915. The molecule has 2 atom stereocenters. The molecule has 0 aromatic heterocycles. The summed E-state index contributed by atoms with van der Waals surface area (Å²) in [7, 11) is 3.84. The first-order valence-electron chi connectivity index (χ1n) is 25.9. The fraction of sp³-hybridized carbons (Fsp3) is 0.830. The van der Waals surface area contributed by atoms with Crippen LogP contribution in [0.2, 0.25) is 0 Å². The highest BCUT2D eigenvalue weighted by atomic mass is 16.6. The maximum absolute atomic E-state index is 12.5. The maximum atomic E-state index is 12.5. The van der Waals surface area contributed by atoms with Crippen LogP contribution in [-0.2, 0) is 47.7 Å². The zero-order valence-corrected chi connectivity index (χ0v) is 41.7. The number of hydrogen-bond acceptors (Lipinski definition) is 11. The van der Waals surface area contributed by atoms with E-state index >= 15 is 0 Å². The Hall–Kier alpha value is -3.21. The summed E-state index contributed by atoms with van der Waals surface area (Å²) in [6.07, 6.45) is 37.1. The molecule has 0 spiro atoms. The zero-order valence-electron chi connectivity index (χ0n) is 41.7. The van der Waals surface area contributed by atoms with E-state index in [1.807, 2.05) is 19.0 Å². The minimum absolute atomic E-state index is 0.164. The van der Waals surface area contributed by atoms with Gasteiger partial charge < -0.3 is 28.6 Å². The molecule has 0 aromatic carbocycles. The second kappa shape index (κ2) is 46.3. The first-order valence-corrected chi connectivity index (χ1v) is 25.9. The first kappa shape index (κ1) is 60.8. The summed E-state index contributed by atoms with van der Waals surface area (Å²) >= 11 is 0. The quantitative estimate of drug-likeness (QED) is 0.0250. The van der Waals surface area contributed by atoms with Gasteiger partial charge in [0.05, 0.1) is 13.2 Å². The molecular weight excluding hydrogens is 811 g/mol. The van der Waals surface area contributed by atoms with E-state index in [2.05, 4.69) is 45.1 Å². The molecule has 0 amide bonds. The predicted octanol–water partition coefficient (Wildman–Crippen LogP) is 12.9. The number of allylic oxidation sites excluding steroid dienone is 4. The van der Waals surface area contributed by atoms with Crippen molar-refractivity contribution >= 4 is 29.8 Å². The highest BCUT2D eigenvalue weighted by Crippen LogP contribution is 2.19. The molecule has 0 saturated heterocycles. The Morgan fingerprint density at radius 3 is 1.39 bits per heavy atom. The fourth-order valence-corrected chi connectivity index (χ4v) is 7.14. The van der Waals surface area contributed by atoms with Gasteiger partial charge >= 0.3 is 29.8 Å². The van der Waals surface area contributed by atoms with Crippen LogP contribution in [0.5, 0.6) is 0 Å². The fourth-order valence-electron chi connectivity index (χ4n) is 7.14.